The minimum absolute atomic E-state index is 0.192. The molecule has 0 bridgehead atoms. The monoisotopic (exact) mass is 364 g/mol. The molecule has 0 aliphatic carbocycles. The smallest absolute Gasteiger partial charge is 0.262 e. The van der Waals surface area contributed by atoms with Gasteiger partial charge in [-0.15, -0.1) is 0 Å². The molecular formula is C17H14Cl2N2O3. The number of nitriles is 1. The van der Waals surface area contributed by atoms with Crippen LogP contribution >= 0.6 is 23.2 Å². The van der Waals surface area contributed by atoms with Gasteiger partial charge in [-0.25, -0.2) is 0 Å². The lowest BCUT2D eigenvalue weighted by atomic mass is 10.2. The molecule has 0 saturated heterocycles. The first-order chi connectivity index (χ1) is 11.4. The van der Waals surface area contributed by atoms with Gasteiger partial charge in [0.05, 0.1) is 23.8 Å². The van der Waals surface area contributed by atoms with Crippen molar-refractivity contribution in [2.45, 2.75) is 6.92 Å². The fourth-order valence-corrected chi connectivity index (χ4v) is 2.38. The number of ether oxygens (including phenoxy) is 2. The van der Waals surface area contributed by atoms with Gasteiger partial charge in [0.15, 0.2) is 18.1 Å². The number of carbonyl (C=O) groups excluding carboxylic acids is 1. The second-order valence-corrected chi connectivity index (χ2v) is 5.72. The summed E-state index contributed by atoms with van der Waals surface area (Å²) in [6.07, 6.45) is 0. The Bertz CT molecular complexity index is 816. The molecule has 0 heterocycles. The number of halogens is 2. The highest BCUT2D eigenvalue weighted by Gasteiger charge is 2.14. The number of anilines is 1. The van der Waals surface area contributed by atoms with Gasteiger partial charge >= 0.3 is 0 Å². The molecule has 2 aromatic rings. The average Bonchev–Trinajstić information content (AvgIpc) is 2.56. The first kappa shape index (κ1) is 17.9. The molecule has 5 nitrogen and oxygen atoms in total. The summed E-state index contributed by atoms with van der Waals surface area (Å²) in [7, 11) is 1.42. The minimum atomic E-state index is -0.377. The number of nitrogens with zero attached hydrogens (tertiary/aromatic N) is 1. The van der Waals surface area contributed by atoms with E-state index >= 15 is 0 Å². The van der Waals surface area contributed by atoms with Crippen LogP contribution in [-0.2, 0) is 4.79 Å². The van der Waals surface area contributed by atoms with Gasteiger partial charge < -0.3 is 14.8 Å². The molecule has 1 N–H and O–H groups in total. The van der Waals surface area contributed by atoms with Crippen LogP contribution in [0.2, 0.25) is 10.0 Å². The number of amides is 1. The van der Waals surface area contributed by atoms with Crippen LogP contribution in [0.5, 0.6) is 11.5 Å². The van der Waals surface area contributed by atoms with Crippen molar-refractivity contribution in [1.29, 1.82) is 5.26 Å². The summed E-state index contributed by atoms with van der Waals surface area (Å²) in [5, 5.41) is 12.3. The van der Waals surface area contributed by atoms with E-state index in [1.54, 1.807) is 18.2 Å². The number of hydrogen-bond acceptors (Lipinski definition) is 4. The van der Waals surface area contributed by atoms with Crippen molar-refractivity contribution in [2.75, 3.05) is 19.0 Å². The molecule has 0 atom stereocenters. The van der Waals surface area contributed by atoms with Gasteiger partial charge in [0.25, 0.3) is 5.91 Å². The van der Waals surface area contributed by atoms with E-state index in [0.29, 0.717) is 16.3 Å². The molecule has 0 spiro atoms. The molecule has 2 aromatic carbocycles. The lowest BCUT2D eigenvalue weighted by molar-refractivity contribution is -0.118. The molecular weight excluding hydrogens is 351 g/mol. The van der Waals surface area contributed by atoms with E-state index in [1.165, 1.54) is 19.2 Å². The largest absolute Gasteiger partial charge is 0.493 e. The zero-order valence-electron chi connectivity index (χ0n) is 13.0. The third-order valence-electron chi connectivity index (χ3n) is 3.16. The quantitative estimate of drug-likeness (QED) is 0.862. The van der Waals surface area contributed by atoms with Crippen molar-refractivity contribution >= 4 is 34.8 Å². The summed E-state index contributed by atoms with van der Waals surface area (Å²) < 4.78 is 10.6. The molecule has 0 radical (unpaired) electrons. The molecule has 124 valence electrons. The lowest BCUT2D eigenvalue weighted by Crippen LogP contribution is -2.20. The highest BCUT2D eigenvalue weighted by atomic mass is 35.5. The van der Waals surface area contributed by atoms with E-state index in [4.69, 9.17) is 37.9 Å². The third-order valence-corrected chi connectivity index (χ3v) is 3.85. The number of carbonyl (C=O) groups is 1. The standard InChI is InChI=1S/C17H14Cl2N2O3/c1-10-3-4-12(7-13(10)18)21-16(22)9-24-17-14(19)5-11(8-20)6-15(17)23-2/h3-7H,9H2,1-2H3,(H,21,22). The summed E-state index contributed by atoms with van der Waals surface area (Å²) >= 11 is 12.1. The Morgan fingerprint density at radius 3 is 2.62 bits per heavy atom. The van der Waals surface area contributed by atoms with Crippen LogP contribution in [0.1, 0.15) is 11.1 Å². The van der Waals surface area contributed by atoms with Crippen molar-refractivity contribution < 1.29 is 14.3 Å². The van der Waals surface area contributed by atoms with Crippen LogP contribution in [0.4, 0.5) is 5.69 Å². The van der Waals surface area contributed by atoms with Crippen molar-refractivity contribution in [3.63, 3.8) is 0 Å². The van der Waals surface area contributed by atoms with E-state index in [0.717, 1.165) is 5.56 Å². The maximum absolute atomic E-state index is 12.0. The van der Waals surface area contributed by atoms with Crippen LogP contribution in [0.25, 0.3) is 0 Å². The van der Waals surface area contributed by atoms with Gasteiger partial charge in [-0.1, -0.05) is 29.3 Å². The van der Waals surface area contributed by atoms with Crippen molar-refractivity contribution in [3.8, 4) is 17.6 Å². The Morgan fingerprint density at radius 2 is 2.00 bits per heavy atom. The highest BCUT2D eigenvalue weighted by Crippen LogP contribution is 2.36. The second kappa shape index (κ2) is 7.91. The minimum Gasteiger partial charge on any atom is -0.493 e. The van der Waals surface area contributed by atoms with Crippen LogP contribution in [0.15, 0.2) is 30.3 Å². The predicted octanol–water partition coefficient (Wildman–Crippen LogP) is 4.20. The molecule has 0 aromatic heterocycles. The highest BCUT2D eigenvalue weighted by molar-refractivity contribution is 6.32. The third kappa shape index (κ3) is 4.31. The van der Waals surface area contributed by atoms with Crippen LogP contribution < -0.4 is 14.8 Å². The van der Waals surface area contributed by atoms with Gasteiger partial charge in [-0.05, 0) is 30.7 Å². The molecule has 0 unspecified atom stereocenters. The molecule has 24 heavy (non-hydrogen) atoms. The van der Waals surface area contributed by atoms with Crippen molar-refractivity contribution in [1.82, 2.24) is 0 Å². The Morgan fingerprint density at radius 1 is 1.25 bits per heavy atom. The lowest BCUT2D eigenvalue weighted by Gasteiger charge is -2.13. The Balaban J connectivity index is 2.06. The average molecular weight is 365 g/mol. The molecule has 0 fully saturated rings. The Labute approximate surface area is 149 Å². The summed E-state index contributed by atoms with van der Waals surface area (Å²) in [5.41, 5.74) is 1.82. The van der Waals surface area contributed by atoms with Crippen molar-refractivity contribution in [3.05, 3.63) is 51.5 Å². The molecule has 0 saturated carbocycles. The van der Waals surface area contributed by atoms with E-state index in [1.807, 2.05) is 13.0 Å². The van der Waals surface area contributed by atoms with Gasteiger partial charge in [0.2, 0.25) is 0 Å². The molecule has 0 aliphatic heterocycles. The van der Waals surface area contributed by atoms with Crippen LogP contribution in [0.3, 0.4) is 0 Å². The van der Waals surface area contributed by atoms with Gasteiger partial charge in [0, 0.05) is 16.8 Å². The number of hydrogen-bond donors (Lipinski definition) is 1. The maximum atomic E-state index is 12.0. The summed E-state index contributed by atoms with van der Waals surface area (Å²) in [6, 6.07) is 10.1. The number of methoxy groups -OCH3 is 1. The Kier molecular flexibility index (Phi) is 5.91. The SMILES string of the molecule is COc1cc(C#N)cc(Cl)c1OCC(=O)Nc1ccc(C)c(Cl)c1. The Hall–Kier alpha value is -2.42. The summed E-state index contributed by atoms with van der Waals surface area (Å²) in [5.74, 6) is 0.109. The molecule has 0 aliphatic rings. The zero-order chi connectivity index (χ0) is 17.7. The summed E-state index contributed by atoms with van der Waals surface area (Å²) in [4.78, 5) is 12.0. The van der Waals surface area contributed by atoms with Gasteiger partial charge in [-0.3, -0.25) is 4.79 Å². The van der Waals surface area contributed by atoms with E-state index < -0.39 is 0 Å². The van der Waals surface area contributed by atoms with Crippen molar-refractivity contribution in [2.24, 2.45) is 0 Å². The molecule has 7 heteroatoms. The molecule has 1 amide bonds. The fourth-order valence-electron chi connectivity index (χ4n) is 1.93. The normalized spacial score (nSPS) is 9.96. The maximum Gasteiger partial charge on any atom is 0.262 e. The van der Waals surface area contributed by atoms with Crippen LogP contribution in [-0.4, -0.2) is 19.6 Å². The number of benzene rings is 2. The van der Waals surface area contributed by atoms with Gasteiger partial charge in [0.1, 0.15) is 0 Å². The van der Waals surface area contributed by atoms with E-state index in [2.05, 4.69) is 5.32 Å². The fraction of sp³-hybridized carbons (Fsp3) is 0.176. The predicted molar refractivity (Wildman–Crippen MR) is 93.0 cm³/mol. The summed E-state index contributed by atoms with van der Waals surface area (Å²) in [6.45, 7) is 1.60. The number of aryl methyl sites for hydroxylation is 1. The zero-order valence-corrected chi connectivity index (χ0v) is 14.5. The van der Waals surface area contributed by atoms with Crippen LogP contribution in [0, 0.1) is 18.3 Å². The molecule has 2 rings (SSSR count). The first-order valence-corrected chi connectivity index (χ1v) is 7.66. The number of rotatable bonds is 5. The van der Waals surface area contributed by atoms with E-state index in [9.17, 15) is 4.79 Å². The first-order valence-electron chi connectivity index (χ1n) is 6.91. The van der Waals surface area contributed by atoms with Gasteiger partial charge in [-0.2, -0.15) is 5.26 Å². The number of nitrogens with one attached hydrogen (secondary N) is 1. The topological polar surface area (TPSA) is 71.3 Å². The second-order valence-electron chi connectivity index (χ2n) is 4.90. The van der Waals surface area contributed by atoms with E-state index in [-0.39, 0.29) is 29.0 Å².